The maximum absolute atomic E-state index is 12.8. The molecule has 0 spiro atoms. The summed E-state index contributed by atoms with van der Waals surface area (Å²) in [6, 6.07) is 14.1. The number of aromatic nitrogens is 1. The second-order valence-corrected chi connectivity index (χ2v) is 7.93. The summed E-state index contributed by atoms with van der Waals surface area (Å²) in [4.78, 5) is 31.1. The molecule has 1 saturated heterocycles. The molecule has 2 aliphatic rings. The molecule has 1 aromatic carbocycles. The van der Waals surface area contributed by atoms with Crippen molar-refractivity contribution in [1.82, 2.24) is 15.2 Å². The lowest BCUT2D eigenvalue weighted by Crippen LogP contribution is -2.42. The van der Waals surface area contributed by atoms with E-state index in [1.165, 1.54) is 11.1 Å². The lowest BCUT2D eigenvalue weighted by molar-refractivity contribution is -0.129. The minimum absolute atomic E-state index is 0.0111. The van der Waals surface area contributed by atoms with Crippen LogP contribution in [0.15, 0.2) is 48.7 Å². The van der Waals surface area contributed by atoms with Crippen LogP contribution in [0.2, 0.25) is 0 Å². The molecule has 2 aromatic rings. The fourth-order valence-corrected chi connectivity index (χ4v) is 3.86. The van der Waals surface area contributed by atoms with Gasteiger partial charge in [-0.2, -0.15) is 0 Å². The van der Waals surface area contributed by atoms with Gasteiger partial charge in [-0.3, -0.25) is 14.6 Å². The highest BCUT2D eigenvalue weighted by molar-refractivity contribution is 5.89. The summed E-state index contributed by atoms with van der Waals surface area (Å²) in [7, 11) is 0. The van der Waals surface area contributed by atoms with Crippen LogP contribution in [0, 0.1) is 12.8 Å². The first-order chi connectivity index (χ1) is 13.0. The number of aryl methyl sites for hydroxylation is 1. The molecule has 1 aromatic heterocycles. The zero-order valence-corrected chi connectivity index (χ0v) is 15.6. The quantitative estimate of drug-likeness (QED) is 0.858. The number of hydrogen-bond donors (Lipinski definition) is 1. The van der Waals surface area contributed by atoms with E-state index in [2.05, 4.69) is 41.5 Å². The maximum Gasteiger partial charge on any atom is 0.225 e. The Hall–Kier alpha value is -2.69. The van der Waals surface area contributed by atoms with Crippen LogP contribution in [0.25, 0.3) is 0 Å². The summed E-state index contributed by atoms with van der Waals surface area (Å²) >= 11 is 0. The van der Waals surface area contributed by atoms with Crippen molar-refractivity contribution in [3.63, 3.8) is 0 Å². The summed E-state index contributed by atoms with van der Waals surface area (Å²) in [5, 5.41) is 3.25. The first kappa shape index (κ1) is 17.7. The van der Waals surface area contributed by atoms with Gasteiger partial charge in [-0.1, -0.05) is 35.9 Å². The first-order valence-corrected chi connectivity index (χ1v) is 9.58. The predicted octanol–water partition coefficient (Wildman–Crippen LogP) is 2.63. The van der Waals surface area contributed by atoms with Gasteiger partial charge in [0, 0.05) is 24.7 Å². The van der Waals surface area contributed by atoms with Crippen LogP contribution in [-0.4, -0.2) is 33.8 Å². The van der Waals surface area contributed by atoms with Crippen molar-refractivity contribution in [2.75, 3.05) is 6.54 Å². The molecule has 0 radical (unpaired) electrons. The molecule has 5 heteroatoms. The molecule has 0 bridgehead atoms. The Labute approximate surface area is 159 Å². The Balaban J connectivity index is 1.35. The van der Waals surface area contributed by atoms with Crippen molar-refractivity contribution >= 4 is 11.8 Å². The molecule has 140 valence electrons. The average Bonchev–Trinajstić information content (AvgIpc) is 3.29. The average molecular weight is 363 g/mol. The Morgan fingerprint density at radius 3 is 2.81 bits per heavy atom. The van der Waals surface area contributed by atoms with E-state index in [1.54, 1.807) is 11.1 Å². The van der Waals surface area contributed by atoms with E-state index in [4.69, 9.17) is 0 Å². The van der Waals surface area contributed by atoms with E-state index < -0.39 is 0 Å². The van der Waals surface area contributed by atoms with Crippen LogP contribution in [0.4, 0.5) is 0 Å². The minimum Gasteiger partial charge on any atom is -0.350 e. The van der Waals surface area contributed by atoms with Crippen LogP contribution in [-0.2, 0) is 22.6 Å². The van der Waals surface area contributed by atoms with E-state index >= 15 is 0 Å². The molecule has 1 N–H and O–H groups in total. The third-order valence-electron chi connectivity index (χ3n) is 5.53. The largest absolute Gasteiger partial charge is 0.350 e. The third-order valence-corrected chi connectivity index (χ3v) is 5.53. The van der Waals surface area contributed by atoms with E-state index in [1.807, 2.05) is 18.2 Å². The highest BCUT2D eigenvalue weighted by Gasteiger charge is 2.46. The van der Waals surface area contributed by atoms with Crippen LogP contribution >= 0.6 is 0 Å². The fraction of sp³-hybridized carbons (Fsp3) is 0.409. The number of rotatable bonds is 6. The smallest absolute Gasteiger partial charge is 0.225 e. The minimum atomic E-state index is -0.267. The normalized spacial score (nSPS) is 20.6. The van der Waals surface area contributed by atoms with Crippen LogP contribution < -0.4 is 5.32 Å². The van der Waals surface area contributed by atoms with Gasteiger partial charge in [0.25, 0.3) is 0 Å². The van der Waals surface area contributed by atoms with E-state index in [0.29, 0.717) is 19.5 Å². The lowest BCUT2D eigenvalue weighted by Gasteiger charge is -2.21. The van der Waals surface area contributed by atoms with Crippen LogP contribution in [0.3, 0.4) is 0 Å². The molecule has 1 aliphatic heterocycles. The fourth-order valence-electron chi connectivity index (χ4n) is 3.86. The molecular formula is C22H25N3O2. The van der Waals surface area contributed by atoms with Crippen molar-refractivity contribution in [2.45, 2.75) is 44.7 Å². The van der Waals surface area contributed by atoms with Gasteiger partial charge in [0.05, 0.1) is 18.2 Å². The molecule has 5 nitrogen and oxygen atoms in total. The summed E-state index contributed by atoms with van der Waals surface area (Å²) in [5.41, 5.74) is 3.22. The molecule has 0 unspecified atom stereocenters. The van der Waals surface area contributed by atoms with Crippen molar-refractivity contribution in [3.8, 4) is 0 Å². The lowest BCUT2D eigenvalue weighted by atomic mass is 10.0. The molecule has 2 amide bonds. The summed E-state index contributed by atoms with van der Waals surface area (Å²) in [6.07, 6.45) is 4.89. The molecule has 1 aliphatic carbocycles. The number of pyridine rings is 1. The summed E-state index contributed by atoms with van der Waals surface area (Å²) in [6.45, 7) is 3.03. The maximum atomic E-state index is 12.8. The Bertz CT molecular complexity index is 846. The second-order valence-electron chi connectivity index (χ2n) is 7.93. The molecule has 1 atom stereocenters. The van der Waals surface area contributed by atoms with Gasteiger partial charge in [-0.15, -0.1) is 0 Å². The van der Waals surface area contributed by atoms with Gasteiger partial charge in [-0.05, 0) is 43.9 Å². The van der Waals surface area contributed by atoms with Gasteiger partial charge < -0.3 is 10.2 Å². The predicted molar refractivity (Wildman–Crippen MR) is 103 cm³/mol. The number of carbonyl (C=O) groups excluding carboxylic acids is 2. The number of benzene rings is 1. The molecule has 2 fully saturated rings. The van der Waals surface area contributed by atoms with E-state index in [9.17, 15) is 9.59 Å². The van der Waals surface area contributed by atoms with Gasteiger partial charge >= 0.3 is 0 Å². The Morgan fingerprint density at radius 1 is 1.26 bits per heavy atom. The Morgan fingerprint density at radius 2 is 2.11 bits per heavy atom. The highest BCUT2D eigenvalue weighted by atomic mass is 16.2. The van der Waals surface area contributed by atoms with Gasteiger partial charge in [-0.25, -0.2) is 0 Å². The van der Waals surface area contributed by atoms with Gasteiger partial charge in [0.1, 0.15) is 0 Å². The number of hydrogen-bond acceptors (Lipinski definition) is 3. The monoisotopic (exact) mass is 363 g/mol. The molecule has 4 rings (SSSR count). The number of carbonyl (C=O) groups is 2. The van der Waals surface area contributed by atoms with Crippen molar-refractivity contribution in [3.05, 3.63) is 65.5 Å². The van der Waals surface area contributed by atoms with E-state index in [-0.39, 0.29) is 23.3 Å². The van der Waals surface area contributed by atoms with Crippen molar-refractivity contribution < 1.29 is 9.59 Å². The SMILES string of the molecule is Cc1cccc(CC2(NC(=O)[C@H]3CC(=O)N(Cc4ccccn4)C3)CC2)c1. The second kappa shape index (κ2) is 7.14. The zero-order valence-electron chi connectivity index (χ0n) is 15.6. The molecule has 1 saturated carbocycles. The third kappa shape index (κ3) is 4.18. The number of nitrogens with zero attached hydrogens (tertiary/aromatic N) is 2. The van der Waals surface area contributed by atoms with E-state index in [0.717, 1.165) is 25.0 Å². The van der Waals surface area contributed by atoms with Gasteiger partial charge in [0.2, 0.25) is 11.8 Å². The standard InChI is InChI=1S/C22H25N3O2/c1-16-5-4-6-17(11-16)13-22(8-9-22)24-21(27)18-12-20(26)25(14-18)15-19-7-2-3-10-23-19/h2-7,10-11,18H,8-9,12-15H2,1H3,(H,24,27)/t18-/m0/s1. The highest BCUT2D eigenvalue weighted by Crippen LogP contribution is 2.39. The Kier molecular flexibility index (Phi) is 4.68. The van der Waals surface area contributed by atoms with Crippen LogP contribution in [0.1, 0.15) is 36.1 Å². The van der Waals surface area contributed by atoms with Gasteiger partial charge in [0.15, 0.2) is 0 Å². The molecule has 2 heterocycles. The summed E-state index contributed by atoms with van der Waals surface area (Å²) in [5.74, 6) is -0.224. The van der Waals surface area contributed by atoms with Crippen molar-refractivity contribution in [1.29, 1.82) is 0 Å². The first-order valence-electron chi connectivity index (χ1n) is 9.58. The van der Waals surface area contributed by atoms with Crippen molar-refractivity contribution in [2.24, 2.45) is 5.92 Å². The molecule has 27 heavy (non-hydrogen) atoms. The van der Waals surface area contributed by atoms with Crippen LogP contribution in [0.5, 0.6) is 0 Å². The zero-order chi connectivity index (χ0) is 18.9. The number of likely N-dealkylation sites (tertiary alicyclic amines) is 1. The summed E-state index contributed by atoms with van der Waals surface area (Å²) < 4.78 is 0. The molecular weight excluding hydrogens is 338 g/mol. The topological polar surface area (TPSA) is 62.3 Å². The number of nitrogens with one attached hydrogen (secondary N) is 1. The number of amides is 2.